The molecule has 0 aliphatic rings. The Balaban J connectivity index is 2.99. The Morgan fingerprint density at radius 2 is 2.06 bits per heavy atom. The van der Waals surface area contributed by atoms with Crippen LogP contribution in [0.25, 0.3) is 0 Å². The average Bonchev–Trinajstić information content (AvgIpc) is 2.27. The van der Waals surface area contributed by atoms with Crippen LogP contribution in [0.4, 0.5) is 10.1 Å². The summed E-state index contributed by atoms with van der Waals surface area (Å²) in [6.07, 6.45) is 0. The molecule has 0 radical (unpaired) electrons. The molecule has 0 heterocycles. The predicted octanol–water partition coefficient (Wildman–Crippen LogP) is 0.937. The van der Waals surface area contributed by atoms with Gasteiger partial charge >= 0.3 is 5.97 Å². The van der Waals surface area contributed by atoms with E-state index in [0.717, 1.165) is 12.1 Å². The van der Waals surface area contributed by atoms with E-state index in [1.54, 1.807) is 0 Å². The lowest BCUT2D eigenvalue weighted by Gasteiger charge is -2.09. The van der Waals surface area contributed by atoms with Crippen molar-refractivity contribution < 1.29 is 24.0 Å². The molecule has 0 aliphatic heterocycles. The summed E-state index contributed by atoms with van der Waals surface area (Å²) >= 11 is 0. The highest BCUT2D eigenvalue weighted by Crippen LogP contribution is 2.16. The number of carboxylic acid groups (broad SMARTS) is 1. The number of aliphatic carboxylic acids is 1. The Morgan fingerprint density at radius 3 is 2.56 bits per heavy atom. The molecule has 0 unspecified atom stereocenters. The number of hydrogen-bond acceptors (Lipinski definition) is 4. The van der Waals surface area contributed by atoms with Gasteiger partial charge in [-0.05, 0) is 13.0 Å². The number of non-ortho nitro benzene ring substituents is 1. The topological polar surface area (TPSA) is 110 Å². The Bertz CT molecular complexity index is 517. The van der Waals surface area contributed by atoms with Crippen LogP contribution in [0.5, 0.6) is 0 Å². The number of carbonyl (C=O) groups excluding carboxylic acids is 1. The van der Waals surface area contributed by atoms with Crippen molar-refractivity contribution in [3.05, 3.63) is 39.7 Å². The van der Waals surface area contributed by atoms with Crippen LogP contribution in [0.15, 0.2) is 18.2 Å². The number of rotatable bonds is 4. The second-order valence-electron chi connectivity index (χ2n) is 3.49. The molecule has 1 rings (SSSR count). The number of nitrogens with zero attached hydrogens (tertiary/aromatic N) is 1. The summed E-state index contributed by atoms with van der Waals surface area (Å²) < 4.78 is 13.0. The van der Waals surface area contributed by atoms with E-state index < -0.39 is 34.3 Å². The molecule has 0 aliphatic carbocycles. The number of nitrogens with one attached hydrogen (secondary N) is 1. The van der Waals surface area contributed by atoms with Gasteiger partial charge in [0, 0.05) is 11.6 Å². The lowest BCUT2D eigenvalue weighted by Crippen LogP contribution is -2.38. The monoisotopic (exact) mass is 256 g/mol. The first-order valence-electron chi connectivity index (χ1n) is 4.80. The first-order valence-corrected chi connectivity index (χ1v) is 4.80. The van der Waals surface area contributed by atoms with Gasteiger partial charge < -0.3 is 10.4 Å². The zero-order chi connectivity index (χ0) is 13.9. The summed E-state index contributed by atoms with van der Waals surface area (Å²) in [7, 11) is 0. The van der Waals surface area contributed by atoms with E-state index in [1.807, 2.05) is 0 Å². The largest absolute Gasteiger partial charge is 0.480 e. The number of carbonyl (C=O) groups is 2. The van der Waals surface area contributed by atoms with Crippen LogP contribution in [0.2, 0.25) is 0 Å². The van der Waals surface area contributed by atoms with Gasteiger partial charge in [0.15, 0.2) is 0 Å². The molecule has 1 atom stereocenters. The van der Waals surface area contributed by atoms with Crippen LogP contribution in [0.3, 0.4) is 0 Å². The van der Waals surface area contributed by atoms with E-state index in [9.17, 15) is 24.1 Å². The number of carboxylic acids is 1. The highest BCUT2D eigenvalue weighted by Gasteiger charge is 2.18. The van der Waals surface area contributed by atoms with Crippen molar-refractivity contribution in [1.29, 1.82) is 0 Å². The third-order valence-corrected chi connectivity index (χ3v) is 2.07. The van der Waals surface area contributed by atoms with Gasteiger partial charge in [0.25, 0.3) is 11.6 Å². The Hall–Kier alpha value is -2.51. The third-order valence-electron chi connectivity index (χ3n) is 2.07. The number of benzene rings is 1. The second-order valence-corrected chi connectivity index (χ2v) is 3.49. The second kappa shape index (κ2) is 5.21. The molecule has 7 nitrogen and oxygen atoms in total. The van der Waals surface area contributed by atoms with Crippen LogP contribution >= 0.6 is 0 Å². The predicted molar refractivity (Wildman–Crippen MR) is 57.6 cm³/mol. The van der Waals surface area contributed by atoms with E-state index in [2.05, 4.69) is 5.32 Å². The molecular formula is C10H9FN2O5. The average molecular weight is 256 g/mol. The Labute approximate surface area is 100 Å². The minimum atomic E-state index is -1.27. The van der Waals surface area contributed by atoms with Gasteiger partial charge in [-0.15, -0.1) is 0 Å². The molecule has 0 aromatic heterocycles. The zero-order valence-corrected chi connectivity index (χ0v) is 9.21. The molecule has 0 bridgehead atoms. The highest BCUT2D eigenvalue weighted by atomic mass is 19.1. The van der Waals surface area contributed by atoms with Gasteiger partial charge in [0.1, 0.15) is 11.9 Å². The Morgan fingerprint density at radius 1 is 1.44 bits per heavy atom. The molecule has 8 heteroatoms. The van der Waals surface area contributed by atoms with Gasteiger partial charge in [0.05, 0.1) is 11.0 Å². The smallest absolute Gasteiger partial charge is 0.325 e. The number of amides is 1. The van der Waals surface area contributed by atoms with Crippen molar-refractivity contribution in [2.75, 3.05) is 0 Å². The number of nitro groups is 1. The summed E-state index contributed by atoms with van der Waals surface area (Å²) in [5, 5.41) is 21.1. The standard InChI is InChI=1S/C10H9FN2O5/c1-5(10(15)16)12-9(14)6-2-7(11)4-8(3-6)13(17)18/h2-5H,1H3,(H,12,14)(H,15,16)/t5-/m0/s1. The maximum absolute atomic E-state index is 13.0. The maximum Gasteiger partial charge on any atom is 0.325 e. The third kappa shape index (κ3) is 3.24. The lowest BCUT2D eigenvalue weighted by molar-refractivity contribution is -0.385. The van der Waals surface area contributed by atoms with Crippen LogP contribution in [-0.4, -0.2) is 27.9 Å². The SMILES string of the molecule is C[C@H](NC(=O)c1cc(F)cc([N+](=O)[O-])c1)C(=O)O. The maximum atomic E-state index is 13.0. The van der Waals surface area contributed by atoms with E-state index >= 15 is 0 Å². The van der Waals surface area contributed by atoms with Crippen LogP contribution in [0, 0.1) is 15.9 Å². The lowest BCUT2D eigenvalue weighted by atomic mass is 10.1. The fraction of sp³-hybridized carbons (Fsp3) is 0.200. The normalized spacial score (nSPS) is 11.7. The number of halogens is 1. The molecule has 18 heavy (non-hydrogen) atoms. The van der Waals surface area contributed by atoms with Gasteiger partial charge in [-0.2, -0.15) is 0 Å². The van der Waals surface area contributed by atoms with E-state index in [0.29, 0.717) is 6.07 Å². The van der Waals surface area contributed by atoms with Crippen LogP contribution in [-0.2, 0) is 4.79 Å². The first-order chi connectivity index (χ1) is 8.31. The van der Waals surface area contributed by atoms with Crippen molar-refractivity contribution in [3.8, 4) is 0 Å². The van der Waals surface area contributed by atoms with Crippen molar-refractivity contribution >= 4 is 17.6 Å². The summed E-state index contributed by atoms with van der Waals surface area (Å²) in [4.78, 5) is 31.7. The highest BCUT2D eigenvalue weighted by molar-refractivity contribution is 5.97. The molecule has 0 saturated carbocycles. The first kappa shape index (κ1) is 13.6. The summed E-state index contributed by atoms with van der Waals surface area (Å²) in [6, 6.07) is 1.14. The van der Waals surface area contributed by atoms with Gasteiger partial charge in [-0.25, -0.2) is 4.39 Å². The zero-order valence-electron chi connectivity index (χ0n) is 9.21. The number of hydrogen-bond donors (Lipinski definition) is 2. The molecule has 2 N–H and O–H groups in total. The molecule has 1 aromatic rings. The van der Waals surface area contributed by atoms with E-state index in [4.69, 9.17) is 5.11 Å². The minimum Gasteiger partial charge on any atom is -0.480 e. The molecule has 96 valence electrons. The fourth-order valence-corrected chi connectivity index (χ4v) is 1.15. The van der Waals surface area contributed by atoms with Crippen molar-refractivity contribution in [2.24, 2.45) is 0 Å². The summed E-state index contributed by atoms with van der Waals surface area (Å²) in [5.74, 6) is -3.11. The quantitative estimate of drug-likeness (QED) is 0.615. The number of nitro benzene ring substituents is 1. The van der Waals surface area contributed by atoms with Gasteiger partial charge in [0.2, 0.25) is 0 Å². The van der Waals surface area contributed by atoms with E-state index in [1.165, 1.54) is 6.92 Å². The van der Waals surface area contributed by atoms with Crippen molar-refractivity contribution in [1.82, 2.24) is 5.32 Å². The molecular weight excluding hydrogens is 247 g/mol. The van der Waals surface area contributed by atoms with Gasteiger partial charge in [-0.3, -0.25) is 19.7 Å². The fourth-order valence-electron chi connectivity index (χ4n) is 1.15. The van der Waals surface area contributed by atoms with Crippen LogP contribution in [0.1, 0.15) is 17.3 Å². The van der Waals surface area contributed by atoms with Crippen molar-refractivity contribution in [3.63, 3.8) is 0 Å². The molecule has 0 fully saturated rings. The molecule has 1 aromatic carbocycles. The molecule has 0 saturated heterocycles. The minimum absolute atomic E-state index is 0.310. The Kier molecular flexibility index (Phi) is 3.93. The van der Waals surface area contributed by atoms with Gasteiger partial charge in [-0.1, -0.05) is 0 Å². The van der Waals surface area contributed by atoms with E-state index in [-0.39, 0.29) is 5.56 Å². The van der Waals surface area contributed by atoms with Crippen molar-refractivity contribution in [2.45, 2.75) is 13.0 Å². The molecule has 0 spiro atoms. The molecule has 1 amide bonds. The summed E-state index contributed by atoms with van der Waals surface area (Å²) in [6.45, 7) is 1.22. The summed E-state index contributed by atoms with van der Waals surface area (Å²) in [5.41, 5.74) is -0.891. The van der Waals surface area contributed by atoms with Crippen LogP contribution < -0.4 is 5.32 Å².